The maximum atomic E-state index is 12.4. The Morgan fingerprint density at radius 1 is 1.19 bits per heavy atom. The normalized spacial score (nSPS) is 15.5. The monoisotopic (exact) mass is 371 g/mol. The minimum absolute atomic E-state index is 0.0240. The van der Waals surface area contributed by atoms with Gasteiger partial charge in [0, 0.05) is 50.3 Å². The molecule has 0 N–H and O–H groups in total. The lowest BCUT2D eigenvalue weighted by molar-refractivity contribution is -0.133. The number of carbonyl (C=O) groups excluding carboxylic acids is 1. The van der Waals surface area contributed by atoms with Gasteiger partial charge in [0.2, 0.25) is 17.6 Å². The van der Waals surface area contributed by atoms with Crippen LogP contribution in [-0.2, 0) is 4.79 Å². The summed E-state index contributed by atoms with van der Waals surface area (Å²) < 4.78 is 5.26. The van der Waals surface area contributed by atoms with Gasteiger partial charge in [-0.2, -0.15) is 4.98 Å². The van der Waals surface area contributed by atoms with Crippen LogP contribution < -0.4 is 4.90 Å². The summed E-state index contributed by atoms with van der Waals surface area (Å²) in [4.78, 5) is 25.5. The molecule has 1 saturated heterocycles. The number of pyridine rings is 1. The van der Waals surface area contributed by atoms with Gasteiger partial charge in [0.15, 0.2) is 0 Å². The molecular weight excluding hydrogens is 342 g/mol. The van der Waals surface area contributed by atoms with Gasteiger partial charge in [0.25, 0.3) is 0 Å². The van der Waals surface area contributed by atoms with Crippen LogP contribution in [0, 0.1) is 5.41 Å². The largest absolute Gasteiger partial charge is 0.353 e. The van der Waals surface area contributed by atoms with E-state index in [0.717, 1.165) is 37.6 Å². The van der Waals surface area contributed by atoms with Crippen LogP contribution in [0.4, 0.5) is 5.82 Å². The van der Waals surface area contributed by atoms with Crippen LogP contribution in [0.3, 0.4) is 0 Å². The standard InChI is InChI=1S/C20H29N5O2/c1-14(2)19-22-18(23-27-19)15-6-7-16(21-13-15)24-8-10-25(11-9-24)17(26)12-20(3,4)5/h6-7,13-14H,8-12H2,1-5H3. The molecule has 27 heavy (non-hydrogen) atoms. The molecule has 0 bridgehead atoms. The molecule has 3 rings (SSSR count). The first-order valence-corrected chi connectivity index (χ1v) is 9.56. The lowest BCUT2D eigenvalue weighted by Gasteiger charge is -2.36. The predicted octanol–water partition coefficient (Wildman–Crippen LogP) is 3.34. The first kappa shape index (κ1) is 19.3. The molecule has 7 heteroatoms. The summed E-state index contributed by atoms with van der Waals surface area (Å²) in [5.41, 5.74) is 0.865. The average Bonchev–Trinajstić information content (AvgIpc) is 3.11. The van der Waals surface area contributed by atoms with E-state index < -0.39 is 0 Å². The Morgan fingerprint density at radius 3 is 2.41 bits per heavy atom. The Bertz CT molecular complexity index is 768. The fourth-order valence-electron chi connectivity index (χ4n) is 3.04. The molecule has 7 nitrogen and oxygen atoms in total. The number of amides is 1. The van der Waals surface area contributed by atoms with Crippen molar-refractivity contribution in [1.29, 1.82) is 0 Å². The predicted molar refractivity (Wildman–Crippen MR) is 104 cm³/mol. The van der Waals surface area contributed by atoms with Gasteiger partial charge in [0.1, 0.15) is 5.82 Å². The molecule has 0 saturated carbocycles. The highest BCUT2D eigenvalue weighted by atomic mass is 16.5. The first-order chi connectivity index (χ1) is 12.7. The number of hydrogen-bond donors (Lipinski definition) is 0. The van der Waals surface area contributed by atoms with Crippen molar-refractivity contribution in [2.24, 2.45) is 5.41 Å². The van der Waals surface area contributed by atoms with Crippen LogP contribution in [0.2, 0.25) is 0 Å². The van der Waals surface area contributed by atoms with Crippen LogP contribution in [0.1, 0.15) is 52.8 Å². The molecule has 3 heterocycles. The average molecular weight is 371 g/mol. The highest BCUT2D eigenvalue weighted by Gasteiger charge is 2.25. The fourth-order valence-corrected chi connectivity index (χ4v) is 3.04. The molecule has 1 fully saturated rings. The number of carbonyl (C=O) groups is 1. The smallest absolute Gasteiger partial charge is 0.229 e. The molecule has 0 spiro atoms. The molecule has 146 valence electrons. The minimum Gasteiger partial charge on any atom is -0.353 e. The second-order valence-corrected chi connectivity index (χ2v) is 8.62. The van der Waals surface area contributed by atoms with Crippen molar-refractivity contribution in [3.63, 3.8) is 0 Å². The zero-order valence-corrected chi connectivity index (χ0v) is 16.9. The van der Waals surface area contributed by atoms with E-state index in [1.807, 2.05) is 30.9 Å². The van der Waals surface area contributed by atoms with Gasteiger partial charge in [-0.1, -0.05) is 39.8 Å². The Hall–Kier alpha value is -2.44. The summed E-state index contributed by atoms with van der Waals surface area (Å²) >= 11 is 0. The fraction of sp³-hybridized carbons (Fsp3) is 0.600. The summed E-state index contributed by atoms with van der Waals surface area (Å²) in [6.45, 7) is 13.4. The molecule has 0 unspecified atom stereocenters. The van der Waals surface area contributed by atoms with Crippen LogP contribution in [0.5, 0.6) is 0 Å². The molecule has 1 amide bonds. The van der Waals surface area contributed by atoms with E-state index >= 15 is 0 Å². The Kier molecular flexibility index (Phi) is 5.48. The third-order valence-corrected chi connectivity index (χ3v) is 4.58. The van der Waals surface area contributed by atoms with Gasteiger partial charge < -0.3 is 14.3 Å². The van der Waals surface area contributed by atoms with E-state index in [4.69, 9.17) is 4.52 Å². The van der Waals surface area contributed by atoms with E-state index in [1.165, 1.54) is 0 Å². The number of rotatable bonds is 4. The van der Waals surface area contributed by atoms with E-state index in [0.29, 0.717) is 18.1 Å². The number of piperazine rings is 1. The van der Waals surface area contributed by atoms with Crippen LogP contribution in [-0.4, -0.2) is 52.1 Å². The maximum absolute atomic E-state index is 12.4. The van der Waals surface area contributed by atoms with E-state index in [-0.39, 0.29) is 17.2 Å². The minimum atomic E-state index is 0.0240. The third kappa shape index (κ3) is 4.84. The Morgan fingerprint density at radius 2 is 1.89 bits per heavy atom. The summed E-state index contributed by atoms with van der Waals surface area (Å²) in [6.07, 6.45) is 2.37. The topological polar surface area (TPSA) is 75.4 Å². The van der Waals surface area contributed by atoms with Crippen molar-refractivity contribution >= 4 is 11.7 Å². The SMILES string of the molecule is CC(C)c1nc(-c2ccc(N3CCN(C(=O)CC(C)(C)C)CC3)nc2)no1. The highest BCUT2D eigenvalue weighted by molar-refractivity contribution is 5.77. The molecule has 2 aromatic heterocycles. The molecule has 0 aliphatic carbocycles. The Labute approximate surface area is 160 Å². The van der Waals surface area contributed by atoms with E-state index in [1.54, 1.807) is 6.20 Å². The summed E-state index contributed by atoms with van der Waals surface area (Å²) in [5, 5.41) is 4.02. The van der Waals surface area contributed by atoms with Crippen molar-refractivity contribution < 1.29 is 9.32 Å². The molecular formula is C20H29N5O2. The highest BCUT2D eigenvalue weighted by Crippen LogP contribution is 2.23. The van der Waals surface area contributed by atoms with Gasteiger partial charge in [-0.15, -0.1) is 0 Å². The van der Waals surface area contributed by atoms with Gasteiger partial charge >= 0.3 is 0 Å². The van der Waals surface area contributed by atoms with Crippen LogP contribution >= 0.6 is 0 Å². The zero-order chi connectivity index (χ0) is 19.6. The summed E-state index contributed by atoms with van der Waals surface area (Å²) in [6, 6.07) is 3.95. The second-order valence-electron chi connectivity index (χ2n) is 8.62. The number of anilines is 1. The van der Waals surface area contributed by atoms with Gasteiger partial charge in [0.05, 0.1) is 0 Å². The molecule has 0 radical (unpaired) electrons. The van der Waals surface area contributed by atoms with Crippen molar-refractivity contribution in [2.45, 2.75) is 47.0 Å². The molecule has 1 aliphatic heterocycles. The van der Waals surface area contributed by atoms with Crippen molar-refractivity contribution in [3.8, 4) is 11.4 Å². The van der Waals surface area contributed by atoms with Crippen LogP contribution in [0.15, 0.2) is 22.9 Å². The summed E-state index contributed by atoms with van der Waals surface area (Å²) in [7, 11) is 0. The van der Waals surface area contributed by atoms with Crippen molar-refractivity contribution in [2.75, 3.05) is 31.1 Å². The first-order valence-electron chi connectivity index (χ1n) is 9.56. The van der Waals surface area contributed by atoms with Crippen molar-refractivity contribution in [1.82, 2.24) is 20.0 Å². The maximum Gasteiger partial charge on any atom is 0.229 e. The Balaban J connectivity index is 1.59. The van der Waals surface area contributed by atoms with E-state index in [9.17, 15) is 4.79 Å². The number of aromatic nitrogens is 3. The number of hydrogen-bond acceptors (Lipinski definition) is 6. The van der Waals surface area contributed by atoms with E-state index in [2.05, 4.69) is 40.8 Å². The zero-order valence-electron chi connectivity index (χ0n) is 16.9. The second kappa shape index (κ2) is 7.66. The van der Waals surface area contributed by atoms with Gasteiger partial charge in [-0.3, -0.25) is 4.79 Å². The molecule has 0 atom stereocenters. The molecule has 1 aliphatic rings. The quantitative estimate of drug-likeness (QED) is 0.820. The summed E-state index contributed by atoms with van der Waals surface area (Å²) in [5.74, 6) is 2.55. The number of nitrogens with zero attached hydrogens (tertiary/aromatic N) is 5. The molecule has 2 aromatic rings. The van der Waals surface area contributed by atoms with Crippen molar-refractivity contribution in [3.05, 3.63) is 24.2 Å². The van der Waals surface area contributed by atoms with Gasteiger partial charge in [-0.25, -0.2) is 4.98 Å². The lowest BCUT2D eigenvalue weighted by atomic mass is 9.91. The van der Waals surface area contributed by atoms with Crippen LogP contribution in [0.25, 0.3) is 11.4 Å². The lowest BCUT2D eigenvalue weighted by Crippen LogP contribution is -2.49. The van der Waals surface area contributed by atoms with Gasteiger partial charge in [-0.05, 0) is 17.5 Å². The molecule has 0 aromatic carbocycles. The third-order valence-electron chi connectivity index (χ3n) is 4.58.